The molecule has 0 atom stereocenters. The number of pyridine rings is 1. The number of amides is 1. The SMILES string of the molecule is COCCn1c(=O)c(C(=O)NCc2ccc(OC)c(OC)c2)nc2cccnc21. The van der Waals surface area contributed by atoms with Gasteiger partial charge in [0.15, 0.2) is 22.8 Å². The molecule has 9 nitrogen and oxygen atoms in total. The molecule has 0 aliphatic rings. The van der Waals surface area contributed by atoms with Gasteiger partial charge in [-0.25, -0.2) is 9.97 Å². The van der Waals surface area contributed by atoms with Gasteiger partial charge in [0.2, 0.25) is 0 Å². The molecule has 0 spiro atoms. The molecule has 9 heteroatoms. The van der Waals surface area contributed by atoms with Crippen molar-refractivity contribution < 1.29 is 19.0 Å². The summed E-state index contributed by atoms with van der Waals surface area (Å²) < 4.78 is 16.9. The lowest BCUT2D eigenvalue weighted by atomic mass is 10.2. The molecule has 0 bridgehead atoms. The topological polar surface area (TPSA) is 105 Å². The molecule has 1 aromatic carbocycles. The number of rotatable bonds is 8. The summed E-state index contributed by atoms with van der Waals surface area (Å²) in [5.74, 6) is 0.574. The van der Waals surface area contributed by atoms with Crippen molar-refractivity contribution in [2.24, 2.45) is 0 Å². The number of carbonyl (C=O) groups excluding carboxylic acids is 1. The van der Waals surface area contributed by atoms with Gasteiger partial charge in [-0.2, -0.15) is 0 Å². The van der Waals surface area contributed by atoms with Crippen molar-refractivity contribution in [3.63, 3.8) is 0 Å². The summed E-state index contributed by atoms with van der Waals surface area (Å²) in [6, 6.07) is 8.71. The molecular formula is C20H22N4O5. The summed E-state index contributed by atoms with van der Waals surface area (Å²) in [5.41, 5.74) is 0.948. The Kier molecular flexibility index (Phi) is 6.40. The molecule has 1 N–H and O–H groups in total. The van der Waals surface area contributed by atoms with E-state index in [1.54, 1.807) is 50.7 Å². The van der Waals surface area contributed by atoms with Crippen molar-refractivity contribution in [2.75, 3.05) is 27.9 Å². The smallest absolute Gasteiger partial charge is 0.283 e. The fourth-order valence-corrected chi connectivity index (χ4v) is 2.87. The molecule has 3 rings (SSSR count). The highest BCUT2D eigenvalue weighted by atomic mass is 16.5. The number of hydrogen-bond donors (Lipinski definition) is 1. The summed E-state index contributed by atoms with van der Waals surface area (Å²) >= 11 is 0. The monoisotopic (exact) mass is 398 g/mol. The maximum Gasteiger partial charge on any atom is 0.283 e. The van der Waals surface area contributed by atoms with E-state index in [0.29, 0.717) is 29.3 Å². The van der Waals surface area contributed by atoms with E-state index in [4.69, 9.17) is 14.2 Å². The average Bonchev–Trinajstić information content (AvgIpc) is 2.76. The second kappa shape index (κ2) is 9.16. The first kappa shape index (κ1) is 20.3. The number of aromatic nitrogens is 3. The van der Waals surface area contributed by atoms with Crippen molar-refractivity contribution >= 4 is 17.1 Å². The van der Waals surface area contributed by atoms with E-state index >= 15 is 0 Å². The summed E-state index contributed by atoms with van der Waals surface area (Å²) in [6.45, 7) is 0.771. The van der Waals surface area contributed by atoms with Crippen LogP contribution in [-0.2, 0) is 17.8 Å². The minimum atomic E-state index is -0.568. The van der Waals surface area contributed by atoms with Gasteiger partial charge in [0, 0.05) is 19.9 Å². The van der Waals surface area contributed by atoms with Crippen LogP contribution in [0.15, 0.2) is 41.3 Å². The lowest BCUT2D eigenvalue weighted by Crippen LogP contribution is -2.35. The normalized spacial score (nSPS) is 10.7. The van der Waals surface area contributed by atoms with Gasteiger partial charge in [-0.1, -0.05) is 6.07 Å². The Morgan fingerprint density at radius 1 is 1.14 bits per heavy atom. The molecule has 29 heavy (non-hydrogen) atoms. The van der Waals surface area contributed by atoms with Crippen LogP contribution in [0.5, 0.6) is 11.5 Å². The van der Waals surface area contributed by atoms with E-state index in [0.717, 1.165) is 5.56 Å². The molecule has 3 aromatic rings. The first-order valence-electron chi connectivity index (χ1n) is 8.92. The zero-order chi connectivity index (χ0) is 20.8. The van der Waals surface area contributed by atoms with Crippen molar-refractivity contribution in [3.05, 3.63) is 58.1 Å². The van der Waals surface area contributed by atoms with Gasteiger partial charge in [0.05, 0.1) is 27.4 Å². The minimum Gasteiger partial charge on any atom is -0.493 e. The Morgan fingerprint density at radius 2 is 1.93 bits per heavy atom. The second-order valence-electron chi connectivity index (χ2n) is 6.13. The molecule has 0 aliphatic carbocycles. The number of benzene rings is 1. The first-order valence-corrected chi connectivity index (χ1v) is 8.92. The van der Waals surface area contributed by atoms with Crippen LogP contribution < -0.4 is 20.3 Å². The van der Waals surface area contributed by atoms with Crippen molar-refractivity contribution in [3.8, 4) is 11.5 Å². The number of hydrogen-bond acceptors (Lipinski definition) is 7. The number of methoxy groups -OCH3 is 3. The summed E-state index contributed by atoms with van der Waals surface area (Å²) in [4.78, 5) is 34.0. The van der Waals surface area contributed by atoms with Crippen LogP contribution in [0.25, 0.3) is 11.2 Å². The van der Waals surface area contributed by atoms with Gasteiger partial charge in [0.1, 0.15) is 5.52 Å². The van der Waals surface area contributed by atoms with E-state index in [1.165, 1.54) is 11.7 Å². The molecule has 0 saturated heterocycles. The van der Waals surface area contributed by atoms with Crippen LogP contribution >= 0.6 is 0 Å². The molecule has 152 valence electrons. The third-order valence-electron chi connectivity index (χ3n) is 4.34. The van der Waals surface area contributed by atoms with Crippen LogP contribution in [0.4, 0.5) is 0 Å². The largest absolute Gasteiger partial charge is 0.493 e. The predicted octanol–water partition coefficient (Wildman–Crippen LogP) is 1.39. The van der Waals surface area contributed by atoms with Crippen LogP contribution in [-0.4, -0.2) is 48.4 Å². The molecule has 2 heterocycles. The maximum absolute atomic E-state index is 12.8. The second-order valence-corrected chi connectivity index (χ2v) is 6.13. The third kappa shape index (κ3) is 4.35. The van der Waals surface area contributed by atoms with Crippen LogP contribution in [0.1, 0.15) is 16.1 Å². The molecule has 2 aromatic heterocycles. The Labute approximate surface area is 167 Å². The number of ether oxygens (including phenoxy) is 3. The van der Waals surface area contributed by atoms with Gasteiger partial charge >= 0.3 is 0 Å². The highest BCUT2D eigenvalue weighted by Gasteiger charge is 2.18. The summed E-state index contributed by atoms with van der Waals surface area (Å²) in [5, 5.41) is 2.73. The Balaban J connectivity index is 1.87. The zero-order valence-corrected chi connectivity index (χ0v) is 16.5. The van der Waals surface area contributed by atoms with E-state index in [1.807, 2.05) is 0 Å². The molecule has 0 unspecified atom stereocenters. The van der Waals surface area contributed by atoms with E-state index in [-0.39, 0.29) is 18.8 Å². The Bertz CT molecular complexity index is 1080. The van der Waals surface area contributed by atoms with Crippen LogP contribution in [0, 0.1) is 0 Å². The molecule has 0 saturated carbocycles. The van der Waals surface area contributed by atoms with Gasteiger partial charge in [-0.05, 0) is 29.8 Å². The lowest BCUT2D eigenvalue weighted by molar-refractivity contribution is 0.0943. The molecule has 0 aliphatic heterocycles. The van der Waals surface area contributed by atoms with Gasteiger partial charge in [0.25, 0.3) is 11.5 Å². The quantitative estimate of drug-likeness (QED) is 0.611. The lowest BCUT2D eigenvalue weighted by Gasteiger charge is -2.12. The highest BCUT2D eigenvalue weighted by molar-refractivity contribution is 5.93. The molecule has 0 fully saturated rings. The maximum atomic E-state index is 12.8. The zero-order valence-electron chi connectivity index (χ0n) is 16.5. The number of carbonyl (C=O) groups is 1. The van der Waals surface area contributed by atoms with Crippen molar-refractivity contribution in [2.45, 2.75) is 13.1 Å². The fourth-order valence-electron chi connectivity index (χ4n) is 2.87. The van der Waals surface area contributed by atoms with E-state index in [9.17, 15) is 9.59 Å². The molecular weight excluding hydrogens is 376 g/mol. The average molecular weight is 398 g/mol. The Hall–Kier alpha value is -3.46. The summed E-state index contributed by atoms with van der Waals surface area (Å²) in [6.07, 6.45) is 1.57. The fraction of sp³-hybridized carbons (Fsp3) is 0.300. The molecule has 1 amide bonds. The van der Waals surface area contributed by atoms with Crippen molar-refractivity contribution in [1.82, 2.24) is 19.9 Å². The number of nitrogens with zero attached hydrogens (tertiary/aromatic N) is 3. The standard InChI is InChI=1S/C20H22N4O5/c1-27-10-9-24-18-14(5-4-8-21-18)23-17(20(24)26)19(25)22-12-13-6-7-15(28-2)16(11-13)29-3/h4-8,11H,9-10,12H2,1-3H3,(H,22,25). The number of nitrogens with one attached hydrogen (secondary N) is 1. The highest BCUT2D eigenvalue weighted by Crippen LogP contribution is 2.27. The van der Waals surface area contributed by atoms with Gasteiger partial charge in [-0.15, -0.1) is 0 Å². The van der Waals surface area contributed by atoms with Gasteiger partial charge in [-0.3, -0.25) is 14.2 Å². The Morgan fingerprint density at radius 3 is 2.66 bits per heavy atom. The minimum absolute atomic E-state index is 0.193. The van der Waals surface area contributed by atoms with Crippen LogP contribution in [0.2, 0.25) is 0 Å². The summed E-state index contributed by atoms with van der Waals surface area (Å²) in [7, 11) is 4.63. The first-order chi connectivity index (χ1) is 14.1. The predicted molar refractivity (Wildman–Crippen MR) is 106 cm³/mol. The number of fused-ring (bicyclic) bond motifs is 1. The van der Waals surface area contributed by atoms with E-state index < -0.39 is 11.5 Å². The van der Waals surface area contributed by atoms with Gasteiger partial charge < -0.3 is 19.5 Å². The van der Waals surface area contributed by atoms with E-state index in [2.05, 4.69) is 15.3 Å². The van der Waals surface area contributed by atoms with Crippen molar-refractivity contribution in [1.29, 1.82) is 0 Å². The van der Waals surface area contributed by atoms with Crippen LogP contribution in [0.3, 0.4) is 0 Å². The molecule has 0 radical (unpaired) electrons. The third-order valence-corrected chi connectivity index (χ3v) is 4.34.